The maximum Gasteiger partial charge on any atom is 0.161 e. The summed E-state index contributed by atoms with van der Waals surface area (Å²) in [6, 6.07) is 0. The third-order valence-corrected chi connectivity index (χ3v) is 2.82. The molecule has 70 valence electrons. The Morgan fingerprint density at radius 2 is 2.31 bits per heavy atom. The average Bonchev–Trinajstić information content (AvgIpc) is 2.43. The highest BCUT2D eigenvalue weighted by Crippen LogP contribution is 2.30. The Morgan fingerprint density at radius 1 is 1.62 bits per heavy atom. The Morgan fingerprint density at radius 3 is 3.00 bits per heavy atom. The summed E-state index contributed by atoms with van der Waals surface area (Å²) in [5.41, 5.74) is 1.95. The second-order valence-electron chi connectivity index (χ2n) is 3.22. The summed E-state index contributed by atoms with van der Waals surface area (Å²) in [5, 5.41) is 2.26. The number of rotatable bonds is 0. The number of nitrogens with zero attached hydrogens (tertiary/aromatic N) is 3. The van der Waals surface area contributed by atoms with Crippen molar-refractivity contribution < 1.29 is 0 Å². The molecule has 4 nitrogen and oxygen atoms in total. The van der Waals surface area contributed by atoms with Crippen molar-refractivity contribution in [3.8, 4) is 0 Å². The molecule has 0 aromatic carbocycles. The second kappa shape index (κ2) is 2.75. The Kier molecular flexibility index (Phi) is 1.82. The van der Waals surface area contributed by atoms with E-state index < -0.39 is 0 Å². The molecule has 5 heteroatoms. The van der Waals surface area contributed by atoms with Crippen LogP contribution in [0.5, 0.6) is 0 Å². The fourth-order valence-corrected chi connectivity index (χ4v) is 1.74. The van der Waals surface area contributed by atoms with Crippen LogP contribution in [0.15, 0.2) is 27.5 Å². The van der Waals surface area contributed by atoms with E-state index in [4.69, 9.17) is 17.4 Å². The second-order valence-corrected chi connectivity index (χ2v) is 3.58. The van der Waals surface area contributed by atoms with Crippen LogP contribution in [0.1, 0.15) is 6.92 Å². The number of allylic oxidation sites excluding steroid dienone is 2. The van der Waals surface area contributed by atoms with E-state index in [-0.39, 0.29) is 6.17 Å². The summed E-state index contributed by atoms with van der Waals surface area (Å²) >= 11 is 6.07. The van der Waals surface area contributed by atoms with E-state index in [1.807, 2.05) is 24.9 Å². The molecular weight excluding hydrogens is 188 g/mol. The summed E-state index contributed by atoms with van der Waals surface area (Å²) in [4.78, 5) is 6.08. The molecule has 1 atom stereocenters. The number of hydrogen-bond acceptors (Lipinski definition) is 4. The minimum absolute atomic E-state index is 0.0452. The van der Waals surface area contributed by atoms with Crippen LogP contribution in [0, 0.1) is 0 Å². The van der Waals surface area contributed by atoms with Crippen LogP contribution in [0.2, 0.25) is 0 Å². The number of aliphatic imine (C=N–C) groups is 1. The minimum Gasteiger partial charge on any atom is -0.339 e. The van der Waals surface area contributed by atoms with Crippen molar-refractivity contribution in [2.45, 2.75) is 13.1 Å². The molecule has 0 fully saturated rings. The van der Waals surface area contributed by atoms with Gasteiger partial charge >= 0.3 is 0 Å². The van der Waals surface area contributed by atoms with Gasteiger partial charge in [0.2, 0.25) is 0 Å². The van der Waals surface area contributed by atoms with E-state index in [2.05, 4.69) is 4.99 Å². The molecule has 0 spiro atoms. The molecule has 2 aliphatic heterocycles. The fraction of sp³-hybridized carbons (Fsp3) is 0.375. The number of fused-ring (bicyclic) bond motifs is 1. The van der Waals surface area contributed by atoms with Crippen LogP contribution < -0.4 is 5.84 Å². The van der Waals surface area contributed by atoms with Crippen LogP contribution in [0.3, 0.4) is 0 Å². The molecule has 0 bridgehead atoms. The van der Waals surface area contributed by atoms with Crippen molar-refractivity contribution in [2.75, 3.05) is 7.05 Å². The Labute approximate surface area is 81.9 Å². The first-order chi connectivity index (χ1) is 6.11. The van der Waals surface area contributed by atoms with Gasteiger partial charge < -0.3 is 4.90 Å². The summed E-state index contributed by atoms with van der Waals surface area (Å²) in [7, 11) is 1.90. The van der Waals surface area contributed by atoms with Gasteiger partial charge in [0.15, 0.2) is 6.17 Å². The minimum atomic E-state index is -0.0452. The van der Waals surface area contributed by atoms with E-state index in [1.165, 1.54) is 0 Å². The first-order valence-corrected chi connectivity index (χ1v) is 4.37. The van der Waals surface area contributed by atoms with E-state index >= 15 is 0 Å². The quantitative estimate of drug-likeness (QED) is 0.463. The summed E-state index contributed by atoms with van der Waals surface area (Å²) in [6.07, 6.45) is 3.52. The van der Waals surface area contributed by atoms with E-state index in [0.717, 1.165) is 16.4 Å². The van der Waals surface area contributed by atoms with E-state index in [9.17, 15) is 0 Å². The van der Waals surface area contributed by atoms with Gasteiger partial charge in [-0.25, -0.2) is 10.8 Å². The number of nitrogens with two attached hydrogens (primary N) is 1. The molecule has 2 rings (SSSR count). The zero-order valence-corrected chi connectivity index (χ0v) is 8.28. The highest BCUT2D eigenvalue weighted by Gasteiger charge is 2.31. The first kappa shape index (κ1) is 8.59. The van der Waals surface area contributed by atoms with Crippen molar-refractivity contribution in [3.05, 3.63) is 22.5 Å². The number of halogens is 1. The highest BCUT2D eigenvalue weighted by molar-refractivity contribution is 6.29. The van der Waals surface area contributed by atoms with Gasteiger partial charge in [0.1, 0.15) is 11.5 Å². The van der Waals surface area contributed by atoms with Crippen molar-refractivity contribution in [2.24, 2.45) is 10.8 Å². The lowest BCUT2D eigenvalue weighted by Crippen LogP contribution is -2.47. The molecule has 2 aliphatic rings. The van der Waals surface area contributed by atoms with Crippen LogP contribution >= 0.6 is 11.6 Å². The lowest BCUT2D eigenvalue weighted by atomic mass is 10.1. The summed E-state index contributed by atoms with van der Waals surface area (Å²) in [6.45, 7) is 1.96. The standard InChI is InChI=1S/C8H11ClN4/c1-5-3-6-8(12(2)7(5)9)13(10)4-11-6/h3-4,8H,10H2,1-2H3. The lowest BCUT2D eigenvalue weighted by molar-refractivity contribution is 0.207. The van der Waals surface area contributed by atoms with Gasteiger partial charge in [-0.05, 0) is 18.6 Å². The van der Waals surface area contributed by atoms with Gasteiger partial charge in [0.05, 0.1) is 5.70 Å². The molecule has 2 heterocycles. The molecule has 0 radical (unpaired) electrons. The van der Waals surface area contributed by atoms with Crippen LogP contribution in [-0.4, -0.2) is 29.5 Å². The van der Waals surface area contributed by atoms with Gasteiger partial charge in [-0.1, -0.05) is 11.6 Å². The van der Waals surface area contributed by atoms with E-state index in [0.29, 0.717) is 0 Å². The molecule has 13 heavy (non-hydrogen) atoms. The Balaban J connectivity index is 2.43. The van der Waals surface area contributed by atoms with Crippen molar-refractivity contribution >= 4 is 17.9 Å². The first-order valence-electron chi connectivity index (χ1n) is 3.99. The highest BCUT2D eigenvalue weighted by atomic mass is 35.5. The molecule has 0 aromatic heterocycles. The van der Waals surface area contributed by atoms with Crippen molar-refractivity contribution in [3.63, 3.8) is 0 Å². The zero-order valence-electron chi connectivity index (χ0n) is 7.53. The largest absolute Gasteiger partial charge is 0.339 e. The summed E-state index contributed by atoms with van der Waals surface area (Å²) in [5.74, 6) is 5.71. The van der Waals surface area contributed by atoms with Crippen LogP contribution in [0.4, 0.5) is 0 Å². The normalized spacial score (nSPS) is 26.8. The Hall–Kier alpha value is -1.00. The van der Waals surface area contributed by atoms with Gasteiger partial charge in [0, 0.05) is 7.05 Å². The third kappa shape index (κ3) is 1.14. The van der Waals surface area contributed by atoms with Gasteiger partial charge in [0.25, 0.3) is 0 Å². The fourth-order valence-electron chi connectivity index (χ4n) is 1.59. The van der Waals surface area contributed by atoms with Crippen LogP contribution in [-0.2, 0) is 0 Å². The van der Waals surface area contributed by atoms with Gasteiger partial charge in [-0.3, -0.25) is 5.01 Å². The third-order valence-electron chi connectivity index (χ3n) is 2.25. The number of likely N-dealkylation sites (N-methyl/N-ethyl adjacent to an activating group) is 1. The number of hydrogen-bond donors (Lipinski definition) is 1. The Bertz CT molecular complexity index is 331. The monoisotopic (exact) mass is 198 g/mol. The molecule has 1 unspecified atom stereocenters. The molecule has 2 N–H and O–H groups in total. The van der Waals surface area contributed by atoms with Gasteiger partial charge in [-0.15, -0.1) is 0 Å². The average molecular weight is 199 g/mol. The molecule has 0 aliphatic carbocycles. The molecular formula is C8H11ClN4. The molecule has 0 aromatic rings. The predicted molar refractivity (Wildman–Crippen MR) is 52.7 cm³/mol. The SMILES string of the molecule is CC1=C(Cl)N(C)C2C(=C1)N=CN2N. The van der Waals surface area contributed by atoms with Crippen molar-refractivity contribution in [1.29, 1.82) is 0 Å². The lowest BCUT2D eigenvalue weighted by Gasteiger charge is -2.34. The predicted octanol–water partition coefficient (Wildman–Crippen LogP) is 0.830. The molecule has 0 saturated carbocycles. The summed E-state index contributed by atoms with van der Waals surface area (Å²) < 4.78 is 0. The molecule has 0 amide bonds. The maximum atomic E-state index is 6.07. The number of hydrazine groups is 1. The van der Waals surface area contributed by atoms with Gasteiger partial charge in [-0.2, -0.15) is 0 Å². The van der Waals surface area contributed by atoms with E-state index in [1.54, 1.807) is 11.3 Å². The van der Waals surface area contributed by atoms with Crippen LogP contribution in [0.25, 0.3) is 0 Å². The zero-order chi connectivity index (χ0) is 9.59. The smallest absolute Gasteiger partial charge is 0.161 e. The topological polar surface area (TPSA) is 44.9 Å². The van der Waals surface area contributed by atoms with Crippen molar-refractivity contribution in [1.82, 2.24) is 9.91 Å². The maximum absolute atomic E-state index is 6.07. The molecule has 0 saturated heterocycles.